The van der Waals surface area contributed by atoms with E-state index in [1.807, 2.05) is 36.4 Å². The molecule has 0 amide bonds. The quantitative estimate of drug-likeness (QED) is 0.795. The van der Waals surface area contributed by atoms with Crippen molar-refractivity contribution in [2.75, 3.05) is 26.2 Å². The molecule has 0 aromatic heterocycles. The van der Waals surface area contributed by atoms with Crippen molar-refractivity contribution < 1.29 is 8.42 Å². The van der Waals surface area contributed by atoms with Gasteiger partial charge in [0.2, 0.25) is 10.0 Å². The number of hydrogen-bond acceptors (Lipinski definition) is 4. The highest BCUT2D eigenvalue weighted by Gasteiger charge is 2.28. The van der Waals surface area contributed by atoms with Gasteiger partial charge in [0.1, 0.15) is 0 Å². The Morgan fingerprint density at radius 3 is 2.22 bits per heavy atom. The Labute approximate surface area is 161 Å². The van der Waals surface area contributed by atoms with E-state index < -0.39 is 10.0 Å². The average Bonchev–Trinajstić information content (AvgIpc) is 2.69. The molecule has 2 aromatic carbocycles. The molecule has 2 aromatic rings. The molecule has 1 aliphatic rings. The summed E-state index contributed by atoms with van der Waals surface area (Å²) in [7, 11) is -3.46. The van der Waals surface area contributed by atoms with Gasteiger partial charge in [-0.2, -0.15) is 9.57 Å². The van der Waals surface area contributed by atoms with Crippen LogP contribution in [-0.2, 0) is 16.6 Å². The number of rotatable bonds is 5. The van der Waals surface area contributed by atoms with Crippen LogP contribution in [0.15, 0.2) is 53.4 Å². The number of benzene rings is 2. The number of piperazine rings is 1. The molecule has 3 rings (SSSR count). The lowest BCUT2D eigenvalue weighted by Crippen LogP contribution is -2.48. The van der Waals surface area contributed by atoms with Gasteiger partial charge in [-0.3, -0.25) is 4.90 Å². The number of nitriles is 1. The second-order valence-corrected chi connectivity index (χ2v) is 9.11. The molecule has 1 heterocycles. The zero-order chi connectivity index (χ0) is 19.4. The van der Waals surface area contributed by atoms with Crippen LogP contribution in [0.4, 0.5) is 0 Å². The van der Waals surface area contributed by atoms with Crippen LogP contribution in [0, 0.1) is 11.3 Å². The van der Waals surface area contributed by atoms with E-state index in [9.17, 15) is 13.7 Å². The van der Waals surface area contributed by atoms with Gasteiger partial charge in [0.25, 0.3) is 0 Å². The maximum Gasteiger partial charge on any atom is 0.243 e. The standard InChI is InChI=1S/C21H25N3O2S/c1-17(2)18-7-9-21(10-8-18)27(25,26)24-13-11-23(12-14-24)16-20-6-4-3-5-19(20)15-22/h3-10,17H,11-14,16H2,1-2H3. The van der Waals surface area contributed by atoms with E-state index in [1.54, 1.807) is 16.4 Å². The summed E-state index contributed by atoms with van der Waals surface area (Å²) in [5.74, 6) is 0.376. The van der Waals surface area contributed by atoms with Gasteiger partial charge in [-0.1, -0.05) is 44.2 Å². The summed E-state index contributed by atoms with van der Waals surface area (Å²) in [6.45, 7) is 7.08. The van der Waals surface area contributed by atoms with Gasteiger partial charge < -0.3 is 0 Å². The molecule has 27 heavy (non-hydrogen) atoms. The van der Waals surface area contributed by atoms with Gasteiger partial charge >= 0.3 is 0 Å². The molecule has 0 bridgehead atoms. The third-order valence-corrected chi connectivity index (χ3v) is 6.96. The molecule has 0 atom stereocenters. The van der Waals surface area contributed by atoms with Gasteiger partial charge in [0.15, 0.2) is 0 Å². The van der Waals surface area contributed by atoms with E-state index in [1.165, 1.54) is 0 Å². The first-order chi connectivity index (χ1) is 12.9. The maximum absolute atomic E-state index is 12.9. The molecular formula is C21H25N3O2S. The molecular weight excluding hydrogens is 358 g/mol. The Bertz CT molecular complexity index is 923. The predicted molar refractivity (Wildman–Crippen MR) is 106 cm³/mol. The molecule has 0 unspecified atom stereocenters. The Balaban J connectivity index is 1.65. The molecule has 0 saturated carbocycles. The van der Waals surface area contributed by atoms with Crippen LogP contribution in [-0.4, -0.2) is 43.8 Å². The van der Waals surface area contributed by atoms with Crippen LogP contribution < -0.4 is 0 Å². The highest BCUT2D eigenvalue weighted by atomic mass is 32.2. The third kappa shape index (κ3) is 4.38. The minimum Gasteiger partial charge on any atom is -0.296 e. The van der Waals surface area contributed by atoms with Crippen LogP contribution in [0.2, 0.25) is 0 Å². The van der Waals surface area contributed by atoms with Crippen LogP contribution >= 0.6 is 0 Å². The first-order valence-electron chi connectivity index (χ1n) is 9.22. The minimum atomic E-state index is -3.46. The zero-order valence-corrected chi connectivity index (χ0v) is 16.6. The SMILES string of the molecule is CC(C)c1ccc(S(=O)(=O)N2CCN(Cc3ccccc3C#N)CC2)cc1. The molecule has 1 aliphatic heterocycles. The van der Waals surface area contributed by atoms with Gasteiger partial charge in [0, 0.05) is 32.7 Å². The molecule has 1 fully saturated rings. The fourth-order valence-corrected chi connectivity index (χ4v) is 4.73. The predicted octanol–water partition coefficient (Wildman–Crippen LogP) is 3.19. The second-order valence-electron chi connectivity index (χ2n) is 7.17. The number of sulfonamides is 1. The normalized spacial score (nSPS) is 16.4. The molecule has 5 nitrogen and oxygen atoms in total. The van der Waals surface area contributed by atoms with Gasteiger partial charge in [0.05, 0.1) is 16.5 Å². The summed E-state index contributed by atoms with van der Waals surface area (Å²) < 4.78 is 27.4. The Hall–Kier alpha value is -2.20. The van der Waals surface area contributed by atoms with E-state index in [-0.39, 0.29) is 0 Å². The minimum absolute atomic E-state index is 0.357. The highest BCUT2D eigenvalue weighted by molar-refractivity contribution is 7.89. The summed E-state index contributed by atoms with van der Waals surface area (Å²) in [5.41, 5.74) is 2.80. The van der Waals surface area contributed by atoms with Crippen molar-refractivity contribution in [2.24, 2.45) is 0 Å². The van der Waals surface area contributed by atoms with Crippen LogP contribution in [0.25, 0.3) is 0 Å². The molecule has 6 heteroatoms. The molecule has 1 saturated heterocycles. The lowest BCUT2D eigenvalue weighted by molar-refractivity contribution is 0.181. The van der Waals surface area contributed by atoms with Gasteiger partial charge in [-0.15, -0.1) is 0 Å². The summed E-state index contributed by atoms with van der Waals surface area (Å²) in [4.78, 5) is 2.56. The average molecular weight is 384 g/mol. The largest absolute Gasteiger partial charge is 0.296 e. The highest BCUT2D eigenvalue weighted by Crippen LogP contribution is 2.22. The van der Waals surface area contributed by atoms with E-state index in [0.29, 0.717) is 49.1 Å². The summed E-state index contributed by atoms with van der Waals surface area (Å²) in [5, 5.41) is 9.22. The van der Waals surface area contributed by atoms with Crippen molar-refractivity contribution in [2.45, 2.75) is 31.2 Å². The van der Waals surface area contributed by atoms with Crippen LogP contribution in [0.5, 0.6) is 0 Å². The smallest absolute Gasteiger partial charge is 0.243 e. The summed E-state index contributed by atoms with van der Waals surface area (Å²) in [6, 6.07) is 17.0. The van der Waals surface area contributed by atoms with Crippen molar-refractivity contribution >= 4 is 10.0 Å². The molecule has 0 N–H and O–H groups in total. The zero-order valence-electron chi connectivity index (χ0n) is 15.8. The van der Waals surface area contributed by atoms with Crippen LogP contribution in [0.1, 0.15) is 36.5 Å². The summed E-state index contributed by atoms with van der Waals surface area (Å²) in [6.07, 6.45) is 0. The van der Waals surface area contributed by atoms with E-state index in [0.717, 1.165) is 11.1 Å². The molecule has 0 spiro atoms. The fourth-order valence-electron chi connectivity index (χ4n) is 3.31. The van der Waals surface area contributed by atoms with E-state index in [2.05, 4.69) is 24.8 Å². The van der Waals surface area contributed by atoms with Crippen molar-refractivity contribution in [3.05, 3.63) is 65.2 Å². The lowest BCUT2D eigenvalue weighted by atomic mass is 10.0. The Morgan fingerprint density at radius 2 is 1.63 bits per heavy atom. The monoisotopic (exact) mass is 383 g/mol. The fraction of sp³-hybridized carbons (Fsp3) is 0.381. The van der Waals surface area contributed by atoms with Gasteiger partial charge in [-0.05, 0) is 35.2 Å². The first kappa shape index (κ1) is 19.6. The van der Waals surface area contributed by atoms with Crippen molar-refractivity contribution in [1.82, 2.24) is 9.21 Å². The van der Waals surface area contributed by atoms with E-state index in [4.69, 9.17) is 0 Å². The van der Waals surface area contributed by atoms with Crippen molar-refractivity contribution in [3.8, 4) is 6.07 Å². The molecule has 0 radical (unpaired) electrons. The number of hydrogen-bond donors (Lipinski definition) is 0. The topological polar surface area (TPSA) is 64.4 Å². The Kier molecular flexibility index (Phi) is 5.95. The molecule has 142 valence electrons. The first-order valence-corrected chi connectivity index (χ1v) is 10.7. The Morgan fingerprint density at radius 1 is 1.00 bits per heavy atom. The van der Waals surface area contributed by atoms with Crippen LogP contribution in [0.3, 0.4) is 0 Å². The second kappa shape index (κ2) is 8.22. The maximum atomic E-state index is 12.9. The lowest BCUT2D eigenvalue weighted by Gasteiger charge is -2.34. The van der Waals surface area contributed by atoms with Crippen molar-refractivity contribution in [1.29, 1.82) is 5.26 Å². The van der Waals surface area contributed by atoms with Gasteiger partial charge in [-0.25, -0.2) is 8.42 Å². The summed E-state index contributed by atoms with van der Waals surface area (Å²) >= 11 is 0. The van der Waals surface area contributed by atoms with Crippen molar-refractivity contribution in [3.63, 3.8) is 0 Å². The number of nitrogens with zero attached hydrogens (tertiary/aromatic N) is 3. The third-order valence-electron chi connectivity index (χ3n) is 5.05. The van der Waals surface area contributed by atoms with E-state index >= 15 is 0 Å². The molecule has 0 aliphatic carbocycles.